The lowest BCUT2D eigenvalue weighted by Gasteiger charge is -2.08. The number of carbonyl (C=O) groups excluding carboxylic acids is 1. The zero-order chi connectivity index (χ0) is 16.2. The van der Waals surface area contributed by atoms with Gasteiger partial charge in [0.2, 0.25) is 5.91 Å². The minimum Gasteiger partial charge on any atom is -0.423 e. The van der Waals surface area contributed by atoms with Gasteiger partial charge in [-0.15, -0.1) is 11.3 Å². The predicted octanol–water partition coefficient (Wildman–Crippen LogP) is 3.28. The zero-order valence-corrected chi connectivity index (χ0v) is 13.6. The van der Waals surface area contributed by atoms with Crippen LogP contribution in [0.5, 0.6) is 0 Å². The highest BCUT2D eigenvalue weighted by Gasteiger charge is 2.09. The van der Waals surface area contributed by atoms with Gasteiger partial charge in [-0.3, -0.25) is 4.79 Å². The molecule has 0 aliphatic carbocycles. The topological polar surface area (TPSA) is 59.3 Å². The van der Waals surface area contributed by atoms with Crippen molar-refractivity contribution in [3.63, 3.8) is 0 Å². The van der Waals surface area contributed by atoms with Crippen LogP contribution in [-0.2, 0) is 24.2 Å². The van der Waals surface area contributed by atoms with Crippen LogP contribution in [0.3, 0.4) is 0 Å². The molecular formula is C18H17NO3S. The van der Waals surface area contributed by atoms with Crippen LogP contribution in [0.4, 0.5) is 0 Å². The van der Waals surface area contributed by atoms with Crippen LogP contribution in [0.15, 0.2) is 51.0 Å². The third-order valence-electron chi connectivity index (χ3n) is 3.69. The molecule has 3 aromatic rings. The lowest BCUT2D eigenvalue weighted by atomic mass is 10.1. The van der Waals surface area contributed by atoms with Gasteiger partial charge in [0.1, 0.15) is 5.58 Å². The Morgan fingerprint density at radius 2 is 2.13 bits per heavy atom. The smallest absolute Gasteiger partial charge is 0.336 e. The van der Waals surface area contributed by atoms with E-state index in [1.807, 2.05) is 35.7 Å². The van der Waals surface area contributed by atoms with E-state index in [2.05, 4.69) is 12.2 Å². The van der Waals surface area contributed by atoms with E-state index in [0.29, 0.717) is 18.5 Å². The standard InChI is InChI=1S/C18H17NO3S/c1-2-12-5-6-16-15(8-12)13(9-18(21)22-16)11-19-17(20)10-14-4-3-7-23-14/h3-9H,2,10-11H2,1H3,(H,19,20). The normalized spacial score (nSPS) is 10.8. The molecule has 2 aromatic heterocycles. The number of hydrogen-bond acceptors (Lipinski definition) is 4. The number of rotatable bonds is 5. The third-order valence-corrected chi connectivity index (χ3v) is 4.57. The first-order chi connectivity index (χ1) is 11.2. The first-order valence-corrected chi connectivity index (χ1v) is 8.38. The quantitative estimate of drug-likeness (QED) is 0.732. The predicted molar refractivity (Wildman–Crippen MR) is 91.7 cm³/mol. The number of hydrogen-bond donors (Lipinski definition) is 1. The summed E-state index contributed by atoms with van der Waals surface area (Å²) in [6, 6.07) is 11.1. The molecule has 0 bridgehead atoms. The van der Waals surface area contributed by atoms with Crippen LogP contribution < -0.4 is 10.9 Å². The molecule has 23 heavy (non-hydrogen) atoms. The summed E-state index contributed by atoms with van der Waals surface area (Å²) in [5.74, 6) is -0.0551. The summed E-state index contributed by atoms with van der Waals surface area (Å²) in [4.78, 5) is 24.7. The number of thiophene rings is 1. The van der Waals surface area contributed by atoms with Crippen molar-refractivity contribution in [3.05, 3.63) is 68.2 Å². The summed E-state index contributed by atoms with van der Waals surface area (Å²) >= 11 is 1.56. The molecule has 0 atom stereocenters. The van der Waals surface area contributed by atoms with Crippen molar-refractivity contribution in [2.75, 3.05) is 0 Å². The fourth-order valence-corrected chi connectivity index (χ4v) is 3.17. The molecule has 5 heteroatoms. The Kier molecular flexibility index (Phi) is 4.57. The van der Waals surface area contributed by atoms with Crippen molar-refractivity contribution in [1.82, 2.24) is 5.32 Å². The molecule has 0 aliphatic heterocycles. The van der Waals surface area contributed by atoms with Gasteiger partial charge in [-0.1, -0.05) is 19.1 Å². The maximum absolute atomic E-state index is 12.0. The lowest BCUT2D eigenvalue weighted by Crippen LogP contribution is -2.24. The Labute approximate surface area is 137 Å². The molecule has 0 fully saturated rings. The average molecular weight is 327 g/mol. The molecule has 4 nitrogen and oxygen atoms in total. The Morgan fingerprint density at radius 3 is 2.87 bits per heavy atom. The van der Waals surface area contributed by atoms with Crippen LogP contribution in [0.25, 0.3) is 11.0 Å². The summed E-state index contributed by atoms with van der Waals surface area (Å²) in [6.45, 7) is 2.39. The maximum Gasteiger partial charge on any atom is 0.336 e. The van der Waals surface area contributed by atoms with Gasteiger partial charge in [0.25, 0.3) is 0 Å². The van der Waals surface area contributed by atoms with E-state index in [4.69, 9.17) is 4.42 Å². The second-order valence-electron chi connectivity index (χ2n) is 5.31. The Balaban J connectivity index is 1.81. The highest BCUT2D eigenvalue weighted by atomic mass is 32.1. The molecule has 118 valence electrons. The van der Waals surface area contributed by atoms with Crippen LogP contribution in [-0.4, -0.2) is 5.91 Å². The number of amides is 1. The molecule has 1 N–H and O–H groups in total. The molecule has 0 saturated heterocycles. The van der Waals surface area contributed by atoms with Gasteiger partial charge in [0.15, 0.2) is 0 Å². The van der Waals surface area contributed by atoms with E-state index in [9.17, 15) is 9.59 Å². The molecule has 0 spiro atoms. The number of aryl methyl sites for hydroxylation is 1. The number of nitrogens with one attached hydrogen (secondary N) is 1. The van der Waals surface area contributed by atoms with Gasteiger partial charge in [0, 0.05) is 22.9 Å². The van der Waals surface area contributed by atoms with Gasteiger partial charge in [-0.25, -0.2) is 4.79 Å². The summed E-state index contributed by atoms with van der Waals surface area (Å²) in [5, 5.41) is 5.71. The van der Waals surface area contributed by atoms with Crippen molar-refractivity contribution in [2.45, 2.75) is 26.3 Å². The highest BCUT2D eigenvalue weighted by Crippen LogP contribution is 2.19. The second kappa shape index (κ2) is 6.79. The van der Waals surface area contributed by atoms with Gasteiger partial charge >= 0.3 is 5.63 Å². The Hall–Kier alpha value is -2.40. The van der Waals surface area contributed by atoms with Gasteiger partial charge in [-0.2, -0.15) is 0 Å². The lowest BCUT2D eigenvalue weighted by molar-refractivity contribution is -0.120. The monoisotopic (exact) mass is 327 g/mol. The van der Waals surface area contributed by atoms with Crippen LogP contribution in [0.2, 0.25) is 0 Å². The summed E-state index contributed by atoms with van der Waals surface area (Å²) in [7, 11) is 0. The highest BCUT2D eigenvalue weighted by molar-refractivity contribution is 7.10. The molecule has 2 heterocycles. The molecule has 1 amide bonds. The van der Waals surface area contributed by atoms with Crippen LogP contribution in [0.1, 0.15) is 22.9 Å². The minimum atomic E-state index is -0.399. The van der Waals surface area contributed by atoms with E-state index < -0.39 is 5.63 Å². The van der Waals surface area contributed by atoms with E-state index in [1.165, 1.54) is 6.07 Å². The van der Waals surface area contributed by atoms with Crippen LogP contribution >= 0.6 is 11.3 Å². The average Bonchev–Trinajstić information content (AvgIpc) is 3.05. The number of carbonyl (C=O) groups is 1. The summed E-state index contributed by atoms with van der Waals surface area (Å²) in [5.41, 5.74) is 2.10. The largest absolute Gasteiger partial charge is 0.423 e. The van der Waals surface area contributed by atoms with E-state index >= 15 is 0 Å². The minimum absolute atomic E-state index is 0.0551. The molecule has 0 saturated carbocycles. The van der Waals surface area contributed by atoms with Crippen molar-refractivity contribution < 1.29 is 9.21 Å². The van der Waals surface area contributed by atoms with Crippen molar-refractivity contribution >= 4 is 28.2 Å². The van der Waals surface area contributed by atoms with Crippen molar-refractivity contribution in [3.8, 4) is 0 Å². The first-order valence-electron chi connectivity index (χ1n) is 7.50. The molecule has 3 rings (SSSR count). The number of fused-ring (bicyclic) bond motifs is 1. The SMILES string of the molecule is CCc1ccc2oc(=O)cc(CNC(=O)Cc3cccs3)c2c1. The van der Waals surface area contributed by atoms with Crippen molar-refractivity contribution in [2.24, 2.45) is 0 Å². The zero-order valence-electron chi connectivity index (χ0n) is 12.8. The molecule has 0 radical (unpaired) electrons. The Bertz CT molecular complexity index is 881. The fourth-order valence-electron chi connectivity index (χ4n) is 2.47. The Morgan fingerprint density at radius 1 is 1.26 bits per heavy atom. The molecule has 1 aromatic carbocycles. The third kappa shape index (κ3) is 3.68. The van der Waals surface area contributed by atoms with Crippen molar-refractivity contribution in [1.29, 1.82) is 0 Å². The molecule has 0 aliphatic rings. The maximum atomic E-state index is 12.0. The molecule has 0 unspecified atom stereocenters. The second-order valence-corrected chi connectivity index (χ2v) is 6.34. The first kappa shape index (κ1) is 15.5. The summed E-state index contributed by atoms with van der Waals surface area (Å²) < 4.78 is 5.23. The fraction of sp³-hybridized carbons (Fsp3) is 0.222. The van der Waals surface area contributed by atoms with Crippen LogP contribution in [0, 0.1) is 0 Å². The van der Waals surface area contributed by atoms with E-state index in [-0.39, 0.29) is 5.91 Å². The van der Waals surface area contributed by atoms with Gasteiger partial charge in [-0.05, 0) is 41.1 Å². The molecular weight excluding hydrogens is 310 g/mol. The van der Waals surface area contributed by atoms with Gasteiger partial charge in [0.05, 0.1) is 6.42 Å². The van der Waals surface area contributed by atoms with E-state index in [1.54, 1.807) is 11.3 Å². The van der Waals surface area contributed by atoms with Gasteiger partial charge < -0.3 is 9.73 Å². The summed E-state index contributed by atoms with van der Waals surface area (Å²) in [6.07, 6.45) is 1.26. The number of benzene rings is 1. The van der Waals surface area contributed by atoms with E-state index in [0.717, 1.165) is 27.8 Å².